The highest BCUT2D eigenvalue weighted by Gasteiger charge is 2.32. The van der Waals surface area contributed by atoms with Crippen molar-refractivity contribution in [3.63, 3.8) is 0 Å². The van der Waals surface area contributed by atoms with Crippen LogP contribution in [0.5, 0.6) is 0 Å². The van der Waals surface area contributed by atoms with Crippen molar-refractivity contribution in [2.24, 2.45) is 7.05 Å². The molecule has 0 spiro atoms. The topological polar surface area (TPSA) is 67.2 Å². The molecule has 0 amide bonds. The molecule has 5 nitrogen and oxygen atoms in total. The Bertz CT molecular complexity index is 428. The maximum atomic E-state index is 12.1. The molecule has 102 valence electrons. The SMILES string of the molecule is CCc1nn(C)cc1C(NCC(F)(F)F)C(=O)O. The van der Waals surface area contributed by atoms with Gasteiger partial charge in [-0.05, 0) is 6.42 Å². The van der Waals surface area contributed by atoms with E-state index in [1.54, 1.807) is 14.0 Å². The number of nitrogens with zero attached hydrogens (tertiary/aromatic N) is 2. The van der Waals surface area contributed by atoms with E-state index in [2.05, 4.69) is 5.10 Å². The Kier molecular flexibility index (Phi) is 4.33. The lowest BCUT2D eigenvalue weighted by Crippen LogP contribution is -2.36. The van der Waals surface area contributed by atoms with Crippen LogP contribution in [-0.2, 0) is 18.3 Å². The van der Waals surface area contributed by atoms with E-state index in [1.165, 1.54) is 10.9 Å². The molecule has 1 unspecified atom stereocenters. The first-order chi connectivity index (χ1) is 8.24. The highest BCUT2D eigenvalue weighted by molar-refractivity contribution is 5.75. The molecule has 1 heterocycles. The van der Waals surface area contributed by atoms with E-state index in [1.807, 2.05) is 5.32 Å². The first kappa shape index (κ1) is 14.5. The van der Waals surface area contributed by atoms with Gasteiger partial charge in [-0.1, -0.05) is 6.92 Å². The number of aliphatic carboxylic acids is 1. The van der Waals surface area contributed by atoms with Crippen LogP contribution in [0.25, 0.3) is 0 Å². The number of aromatic nitrogens is 2. The van der Waals surface area contributed by atoms with E-state index in [0.29, 0.717) is 12.1 Å². The van der Waals surface area contributed by atoms with Gasteiger partial charge in [0.1, 0.15) is 6.04 Å². The van der Waals surface area contributed by atoms with Crippen molar-refractivity contribution < 1.29 is 23.1 Å². The Morgan fingerprint density at radius 2 is 2.22 bits per heavy atom. The normalized spacial score (nSPS) is 13.6. The number of aryl methyl sites for hydroxylation is 2. The Labute approximate surface area is 102 Å². The fourth-order valence-electron chi connectivity index (χ4n) is 1.62. The first-order valence-corrected chi connectivity index (χ1v) is 5.30. The molecule has 0 aromatic carbocycles. The summed E-state index contributed by atoms with van der Waals surface area (Å²) in [7, 11) is 1.59. The van der Waals surface area contributed by atoms with Crippen LogP contribution >= 0.6 is 0 Å². The number of carbonyl (C=O) groups is 1. The van der Waals surface area contributed by atoms with Crippen LogP contribution in [0.4, 0.5) is 13.2 Å². The number of rotatable bonds is 5. The lowest BCUT2D eigenvalue weighted by Gasteiger charge is -2.15. The van der Waals surface area contributed by atoms with Crippen LogP contribution in [0.1, 0.15) is 24.2 Å². The van der Waals surface area contributed by atoms with Crippen molar-refractivity contribution in [3.05, 3.63) is 17.5 Å². The van der Waals surface area contributed by atoms with Crippen molar-refractivity contribution in [2.45, 2.75) is 25.6 Å². The van der Waals surface area contributed by atoms with Crippen LogP contribution in [-0.4, -0.2) is 33.6 Å². The summed E-state index contributed by atoms with van der Waals surface area (Å²) in [5, 5.41) is 15.0. The second-order valence-electron chi connectivity index (χ2n) is 3.83. The minimum Gasteiger partial charge on any atom is -0.480 e. The number of carboxylic acids is 1. The van der Waals surface area contributed by atoms with Gasteiger partial charge in [0.25, 0.3) is 0 Å². The average molecular weight is 265 g/mol. The zero-order chi connectivity index (χ0) is 13.9. The molecule has 1 atom stereocenters. The van der Waals surface area contributed by atoms with Crippen molar-refractivity contribution >= 4 is 5.97 Å². The second-order valence-corrected chi connectivity index (χ2v) is 3.83. The molecule has 1 aromatic heterocycles. The van der Waals surface area contributed by atoms with Gasteiger partial charge in [-0.3, -0.25) is 14.8 Å². The third-order valence-corrected chi connectivity index (χ3v) is 2.34. The van der Waals surface area contributed by atoms with E-state index in [-0.39, 0.29) is 5.56 Å². The number of hydrogen-bond acceptors (Lipinski definition) is 3. The zero-order valence-corrected chi connectivity index (χ0v) is 9.95. The summed E-state index contributed by atoms with van der Waals surface area (Å²) in [5.41, 5.74) is 0.733. The third kappa shape index (κ3) is 3.73. The molecule has 0 aliphatic heterocycles. The van der Waals surface area contributed by atoms with Gasteiger partial charge >= 0.3 is 12.1 Å². The average Bonchev–Trinajstić information content (AvgIpc) is 2.57. The van der Waals surface area contributed by atoms with Crippen molar-refractivity contribution in [2.75, 3.05) is 6.54 Å². The van der Waals surface area contributed by atoms with Crippen molar-refractivity contribution in [1.29, 1.82) is 0 Å². The van der Waals surface area contributed by atoms with Gasteiger partial charge in [0.2, 0.25) is 0 Å². The van der Waals surface area contributed by atoms with Crippen LogP contribution in [0, 0.1) is 0 Å². The summed E-state index contributed by atoms with van der Waals surface area (Å²) >= 11 is 0. The standard InChI is InChI=1S/C10H14F3N3O2/c1-3-7-6(4-16(2)15-7)8(9(17)18)14-5-10(11,12)13/h4,8,14H,3,5H2,1-2H3,(H,17,18). The summed E-state index contributed by atoms with van der Waals surface area (Å²) < 4.78 is 37.7. The molecule has 0 bridgehead atoms. The Morgan fingerprint density at radius 3 is 2.67 bits per heavy atom. The van der Waals surface area contributed by atoms with E-state index >= 15 is 0 Å². The monoisotopic (exact) mass is 265 g/mol. The quantitative estimate of drug-likeness (QED) is 0.841. The molecule has 0 saturated carbocycles. The van der Waals surface area contributed by atoms with Gasteiger partial charge < -0.3 is 5.11 Å². The molecule has 0 fully saturated rings. The first-order valence-electron chi connectivity index (χ1n) is 5.30. The van der Waals surface area contributed by atoms with Crippen LogP contribution in [0.3, 0.4) is 0 Å². The summed E-state index contributed by atoms with van der Waals surface area (Å²) in [6.45, 7) is 0.399. The third-order valence-electron chi connectivity index (χ3n) is 2.34. The minimum atomic E-state index is -4.46. The van der Waals surface area contributed by atoms with Gasteiger partial charge in [0, 0.05) is 18.8 Å². The summed E-state index contributed by atoms with van der Waals surface area (Å²) in [6.07, 6.45) is -2.59. The highest BCUT2D eigenvalue weighted by Crippen LogP contribution is 2.20. The van der Waals surface area contributed by atoms with Gasteiger partial charge in [0.15, 0.2) is 0 Å². The molecule has 0 radical (unpaired) electrons. The maximum absolute atomic E-state index is 12.1. The lowest BCUT2D eigenvalue weighted by atomic mass is 10.1. The largest absolute Gasteiger partial charge is 0.480 e. The molecule has 0 aliphatic rings. The van der Waals surface area contributed by atoms with E-state index in [9.17, 15) is 18.0 Å². The smallest absolute Gasteiger partial charge is 0.401 e. The number of hydrogen-bond donors (Lipinski definition) is 2. The summed E-state index contributed by atoms with van der Waals surface area (Å²) in [6, 6.07) is -1.41. The molecule has 18 heavy (non-hydrogen) atoms. The number of carboxylic acid groups (broad SMARTS) is 1. The minimum absolute atomic E-state index is 0.261. The Morgan fingerprint density at radius 1 is 1.61 bits per heavy atom. The number of alkyl halides is 3. The molecule has 1 aromatic rings. The Hall–Kier alpha value is -1.57. The van der Waals surface area contributed by atoms with E-state index in [0.717, 1.165) is 0 Å². The highest BCUT2D eigenvalue weighted by atomic mass is 19.4. The fraction of sp³-hybridized carbons (Fsp3) is 0.600. The van der Waals surface area contributed by atoms with Gasteiger partial charge in [0.05, 0.1) is 12.2 Å². The fourth-order valence-corrected chi connectivity index (χ4v) is 1.62. The molecule has 8 heteroatoms. The molecular formula is C10H14F3N3O2. The van der Waals surface area contributed by atoms with Crippen molar-refractivity contribution in [3.8, 4) is 0 Å². The van der Waals surface area contributed by atoms with Gasteiger partial charge in [-0.25, -0.2) is 0 Å². The molecule has 1 rings (SSSR count). The number of halogens is 3. The van der Waals surface area contributed by atoms with Crippen LogP contribution < -0.4 is 5.32 Å². The Balaban J connectivity index is 2.94. The predicted molar refractivity (Wildman–Crippen MR) is 57.0 cm³/mol. The lowest BCUT2D eigenvalue weighted by molar-refractivity contribution is -0.143. The van der Waals surface area contributed by atoms with Crippen LogP contribution in [0.2, 0.25) is 0 Å². The van der Waals surface area contributed by atoms with E-state index in [4.69, 9.17) is 5.11 Å². The van der Waals surface area contributed by atoms with Gasteiger partial charge in [-0.15, -0.1) is 0 Å². The van der Waals surface area contributed by atoms with Crippen LogP contribution in [0.15, 0.2) is 6.20 Å². The van der Waals surface area contributed by atoms with Crippen molar-refractivity contribution in [1.82, 2.24) is 15.1 Å². The molecule has 2 N–H and O–H groups in total. The zero-order valence-electron chi connectivity index (χ0n) is 9.95. The molecule has 0 saturated heterocycles. The summed E-state index contributed by atoms with van der Waals surface area (Å²) in [4.78, 5) is 11.0. The summed E-state index contributed by atoms with van der Waals surface area (Å²) in [5.74, 6) is -1.36. The maximum Gasteiger partial charge on any atom is 0.401 e. The number of nitrogens with one attached hydrogen (secondary N) is 1. The second kappa shape index (κ2) is 5.38. The predicted octanol–water partition coefficient (Wildman–Crippen LogP) is 1.26. The van der Waals surface area contributed by atoms with Gasteiger partial charge in [-0.2, -0.15) is 18.3 Å². The van der Waals surface area contributed by atoms with E-state index < -0.39 is 24.7 Å². The molecular weight excluding hydrogens is 251 g/mol. The molecule has 0 aliphatic carbocycles.